The predicted molar refractivity (Wildman–Crippen MR) is 80.6 cm³/mol. The fraction of sp³-hybridized carbons (Fsp3) is 0.500. The SMILES string of the molecule is Cc1cc([N+](=O)[O-])cnc1NC(C)c1nnc2n1CCCC2. The van der Waals surface area contributed by atoms with Gasteiger partial charge in [-0.2, -0.15) is 0 Å². The number of nitrogens with zero attached hydrogens (tertiary/aromatic N) is 5. The first-order valence-electron chi connectivity index (χ1n) is 7.36. The molecule has 0 aliphatic carbocycles. The molecule has 0 spiro atoms. The third kappa shape index (κ3) is 2.63. The van der Waals surface area contributed by atoms with Gasteiger partial charge in [0.1, 0.15) is 17.8 Å². The molecule has 1 N–H and O–H groups in total. The molecule has 1 unspecified atom stereocenters. The molecule has 1 atom stereocenters. The minimum Gasteiger partial charge on any atom is -0.360 e. The van der Waals surface area contributed by atoms with Crippen LogP contribution in [0.3, 0.4) is 0 Å². The number of fused-ring (bicyclic) bond motifs is 1. The zero-order chi connectivity index (χ0) is 15.7. The molecule has 2 aromatic rings. The molecular weight excluding hydrogens is 284 g/mol. The summed E-state index contributed by atoms with van der Waals surface area (Å²) in [6, 6.07) is 1.45. The van der Waals surface area contributed by atoms with Crippen LogP contribution in [0.15, 0.2) is 12.3 Å². The first-order valence-corrected chi connectivity index (χ1v) is 7.36. The number of hydrogen-bond acceptors (Lipinski definition) is 6. The van der Waals surface area contributed by atoms with Crippen LogP contribution in [0.4, 0.5) is 11.5 Å². The van der Waals surface area contributed by atoms with Crippen LogP contribution < -0.4 is 5.32 Å². The summed E-state index contributed by atoms with van der Waals surface area (Å²) in [6.45, 7) is 4.74. The van der Waals surface area contributed by atoms with Gasteiger partial charge in [0.05, 0.1) is 11.0 Å². The Morgan fingerprint density at radius 3 is 2.95 bits per heavy atom. The van der Waals surface area contributed by atoms with Gasteiger partial charge in [-0.3, -0.25) is 10.1 Å². The molecular formula is C14H18N6O2. The molecule has 2 aromatic heterocycles. The minimum atomic E-state index is -0.442. The van der Waals surface area contributed by atoms with Crippen molar-refractivity contribution in [2.75, 3.05) is 5.32 Å². The van der Waals surface area contributed by atoms with Gasteiger partial charge in [0.2, 0.25) is 0 Å². The van der Waals surface area contributed by atoms with Gasteiger partial charge in [-0.1, -0.05) is 0 Å². The van der Waals surface area contributed by atoms with Crippen molar-refractivity contribution in [3.63, 3.8) is 0 Å². The van der Waals surface area contributed by atoms with Gasteiger partial charge in [0, 0.05) is 19.0 Å². The molecule has 22 heavy (non-hydrogen) atoms. The molecule has 116 valence electrons. The molecule has 0 amide bonds. The lowest BCUT2D eigenvalue weighted by Crippen LogP contribution is -2.18. The Labute approximate surface area is 127 Å². The Bertz CT molecular complexity index is 711. The fourth-order valence-electron chi connectivity index (χ4n) is 2.73. The average molecular weight is 302 g/mol. The van der Waals surface area contributed by atoms with Crippen molar-refractivity contribution in [3.8, 4) is 0 Å². The van der Waals surface area contributed by atoms with Gasteiger partial charge in [-0.15, -0.1) is 10.2 Å². The molecule has 8 nitrogen and oxygen atoms in total. The van der Waals surface area contributed by atoms with Gasteiger partial charge in [0.25, 0.3) is 5.69 Å². The lowest BCUT2D eigenvalue weighted by Gasteiger charge is -2.19. The molecule has 0 saturated heterocycles. The summed E-state index contributed by atoms with van der Waals surface area (Å²) >= 11 is 0. The maximum absolute atomic E-state index is 10.8. The topological polar surface area (TPSA) is 98.8 Å². The number of hydrogen-bond donors (Lipinski definition) is 1. The standard InChI is InChI=1S/C14H18N6O2/c1-9-7-11(20(21)22)8-15-13(9)16-10(2)14-18-17-12-5-3-4-6-19(12)14/h7-8,10H,3-6H2,1-2H3,(H,15,16). The zero-order valence-corrected chi connectivity index (χ0v) is 12.6. The summed E-state index contributed by atoms with van der Waals surface area (Å²) < 4.78 is 2.15. The predicted octanol–water partition coefficient (Wildman–Crippen LogP) is 2.40. The van der Waals surface area contributed by atoms with Crippen molar-refractivity contribution in [2.45, 2.75) is 45.7 Å². The fourth-order valence-corrected chi connectivity index (χ4v) is 2.73. The van der Waals surface area contributed by atoms with E-state index >= 15 is 0 Å². The van der Waals surface area contributed by atoms with Crippen LogP contribution >= 0.6 is 0 Å². The molecule has 0 saturated carbocycles. The summed E-state index contributed by atoms with van der Waals surface area (Å²) in [7, 11) is 0. The number of anilines is 1. The number of aromatic nitrogens is 4. The number of pyridine rings is 1. The van der Waals surface area contributed by atoms with E-state index in [2.05, 4.69) is 25.1 Å². The molecule has 0 radical (unpaired) electrons. The Morgan fingerprint density at radius 1 is 1.41 bits per heavy atom. The van der Waals surface area contributed by atoms with Crippen molar-refractivity contribution < 1.29 is 4.92 Å². The Hall–Kier alpha value is -2.51. The second-order valence-corrected chi connectivity index (χ2v) is 5.57. The molecule has 0 aromatic carbocycles. The van der Waals surface area contributed by atoms with Gasteiger partial charge in [-0.25, -0.2) is 4.98 Å². The van der Waals surface area contributed by atoms with Crippen LogP contribution in [0.1, 0.15) is 43.0 Å². The lowest BCUT2D eigenvalue weighted by atomic mass is 10.1. The van der Waals surface area contributed by atoms with Crippen molar-refractivity contribution in [3.05, 3.63) is 39.6 Å². The summed E-state index contributed by atoms with van der Waals surface area (Å²) in [5, 5.41) is 22.6. The van der Waals surface area contributed by atoms with E-state index in [1.165, 1.54) is 12.3 Å². The monoisotopic (exact) mass is 302 g/mol. The van der Waals surface area contributed by atoms with E-state index < -0.39 is 4.92 Å². The second kappa shape index (κ2) is 5.70. The van der Waals surface area contributed by atoms with Crippen LogP contribution in [-0.2, 0) is 13.0 Å². The van der Waals surface area contributed by atoms with E-state index in [0.717, 1.165) is 43.0 Å². The second-order valence-electron chi connectivity index (χ2n) is 5.57. The van der Waals surface area contributed by atoms with Crippen molar-refractivity contribution in [2.24, 2.45) is 0 Å². The molecule has 1 aliphatic rings. The first-order chi connectivity index (χ1) is 10.6. The van der Waals surface area contributed by atoms with Gasteiger partial charge in [0.15, 0.2) is 5.82 Å². The minimum absolute atomic E-state index is 0.00411. The van der Waals surface area contributed by atoms with E-state index in [9.17, 15) is 10.1 Å². The van der Waals surface area contributed by atoms with Crippen LogP contribution in [-0.4, -0.2) is 24.7 Å². The van der Waals surface area contributed by atoms with E-state index in [1.807, 2.05) is 6.92 Å². The zero-order valence-electron chi connectivity index (χ0n) is 12.6. The van der Waals surface area contributed by atoms with Crippen molar-refractivity contribution in [1.82, 2.24) is 19.7 Å². The molecule has 8 heteroatoms. The average Bonchev–Trinajstić information content (AvgIpc) is 2.93. The number of nitrogens with one attached hydrogen (secondary N) is 1. The van der Waals surface area contributed by atoms with Crippen LogP contribution in [0.2, 0.25) is 0 Å². The maximum Gasteiger partial charge on any atom is 0.287 e. The summed E-state index contributed by atoms with van der Waals surface area (Å²) in [5.74, 6) is 2.55. The quantitative estimate of drug-likeness (QED) is 0.687. The number of aryl methyl sites for hydroxylation is 2. The molecule has 0 fully saturated rings. The molecule has 0 bridgehead atoms. The highest BCUT2D eigenvalue weighted by Gasteiger charge is 2.21. The highest BCUT2D eigenvalue weighted by atomic mass is 16.6. The highest BCUT2D eigenvalue weighted by Crippen LogP contribution is 2.24. The van der Waals surface area contributed by atoms with Gasteiger partial charge < -0.3 is 9.88 Å². The van der Waals surface area contributed by atoms with E-state index in [1.54, 1.807) is 6.92 Å². The molecule has 1 aliphatic heterocycles. The van der Waals surface area contributed by atoms with Crippen molar-refractivity contribution in [1.29, 1.82) is 0 Å². The largest absolute Gasteiger partial charge is 0.360 e. The Balaban J connectivity index is 1.81. The molecule has 3 heterocycles. The normalized spacial score (nSPS) is 15.2. The first kappa shape index (κ1) is 14.4. The van der Waals surface area contributed by atoms with E-state index in [0.29, 0.717) is 5.82 Å². The third-order valence-electron chi connectivity index (χ3n) is 3.90. The highest BCUT2D eigenvalue weighted by molar-refractivity contribution is 5.49. The smallest absolute Gasteiger partial charge is 0.287 e. The summed E-state index contributed by atoms with van der Waals surface area (Å²) in [4.78, 5) is 14.5. The summed E-state index contributed by atoms with van der Waals surface area (Å²) in [5.41, 5.74) is 0.731. The lowest BCUT2D eigenvalue weighted by molar-refractivity contribution is -0.385. The van der Waals surface area contributed by atoms with Crippen LogP contribution in [0.5, 0.6) is 0 Å². The van der Waals surface area contributed by atoms with Crippen molar-refractivity contribution >= 4 is 11.5 Å². The number of rotatable bonds is 4. The Morgan fingerprint density at radius 2 is 2.23 bits per heavy atom. The Kier molecular flexibility index (Phi) is 3.74. The van der Waals surface area contributed by atoms with Gasteiger partial charge in [-0.05, 0) is 32.3 Å². The number of nitro groups is 1. The summed E-state index contributed by atoms with van der Waals surface area (Å²) in [6.07, 6.45) is 4.53. The molecule has 3 rings (SSSR count). The maximum atomic E-state index is 10.8. The van der Waals surface area contributed by atoms with Crippen LogP contribution in [0, 0.1) is 17.0 Å². The van der Waals surface area contributed by atoms with Crippen LogP contribution in [0.25, 0.3) is 0 Å². The van der Waals surface area contributed by atoms with E-state index in [-0.39, 0.29) is 11.7 Å². The van der Waals surface area contributed by atoms with E-state index in [4.69, 9.17) is 0 Å². The van der Waals surface area contributed by atoms with Gasteiger partial charge >= 0.3 is 0 Å². The third-order valence-corrected chi connectivity index (χ3v) is 3.90.